The number of unbranched alkanes of at least 4 members (excludes halogenated alkanes) is 10. The van der Waals surface area contributed by atoms with Gasteiger partial charge in [-0.25, -0.2) is 0 Å². The van der Waals surface area contributed by atoms with Crippen LogP contribution in [0, 0.1) is 5.21 Å². The number of rotatable bonds is 13. The van der Waals surface area contributed by atoms with Gasteiger partial charge in [0.15, 0.2) is 0 Å². The van der Waals surface area contributed by atoms with Crippen molar-refractivity contribution in [1.82, 2.24) is 5.48 Å². The molecule has 0 aromatic heterocycles. The van der Waals surface area contributed by atoms with E-state index in [1.807, 2.05) is 11.6 Å². The summed E-state index contributed by atoms with van der Waals surface area (Å²) in [5.41, 5.74) is 1.87. The molecule has 2 nitrogen and oxygen atoms in total. The maximum absolute atomic E-state index is 9.93. The highest BCUT2D eigenvalue weighted by molar-refractivity contribution is 4.83. The number of nitrogens with one attached hydrogen (secondary N) is 1. The molecular weight excluding hydrogens is 210 g/mol. The van der Waals surface area contributed by atoms with Crippen molar-refractivity contribution >= 4 is 0 Å². The van der Waals surface area contributed by atoms with Crippen molar-refractivity contribution in [2.24, 2.45) is 0 Å². The molecule has 2 heteroatoms. The first-order valence-electron chi connectivity index (χ1n) is 7.41. The normalized spacial score (nSPS) is 11.4. The van der Waals surface area contributed by atoms with E-state index in [2.05, 4.69) is 13.0 Å². The zero-order valence-electron chi connectivity index (χ0n) is 11.5. The summed E-state index contributed by atoms with van der Waals surface area (Å²) in [5, 5.41) is 9.93. The Morgan fingerprint density at radius 3 is 1.82 bits per heavy atom. The van der Waals surface area contributed by atoms with Gasteiger partial charge in [0.2, 0.25) is 0 Å². The van der Waals surface area contributed by atoms with E-state index in [0.29, 0.717) is 6.54 Å². The highest BCUT2D eigenvalue weighted by atomic mass is 16.5. The molecule has 0 aromatic carbocycles. The largest absolute Gasteiger partial charge is 0.788 e. The summed E-state index contributed by atoms with van der Waals surface area (Å²) in [7, 11) is 0. The summed E-state index contributed by atoms with van der Waals surface area (Å²) in [6.07, 6.45) is 19.0. The third kappa shape index (κ3) is 15.7. The Labute approximate surface area is 107 Å². The highest BCUT2D eigenvalue weighted by Gasteiger charge is 1.91. The van der Waals surface area contributed by atoms with Gasteiger partial charge in [-0.05, 0) is 12.8 Å². The minimum atomic E-state index is 0.456. The predicted octanol–water partition coefficient (Wildman–Crippen LogP) is 4.94. The van der Waals surface area contributed by atoms with Gasteiger partial charge >= 0.3 is 0 Å². The van der Waals surface area contributed by atoms with Crippen LogP contribution in [0.1, 0.15) is 77.6 Å². The van der Waals surface area contributed by atoms with Gasteiger partial charge in [0, 0.05) is 6.54 Å². The van der Waals surface area contributed by atoms with Crippen molar-refractivity contribution < 1.29 is 0 Å². The molecule has 0 atom stereocenters. The second kappa shape index (κ2) is 15.7. The Hall–Kier alpha value is -0.340. The van der Waals surface area contributed by atoms with Crippen LogP contribution in [0.15, 0.2) is 12.2 Å². The molecule has 102 valence electrons. The second-order valence-corrected chi connectivity index (χ2v) is 4.79. The first kappa shape index (κ1) is 16.7. The van der Waals surface area contributed by atoms with Crippen molar-refractivity contribution in [2.75, 3.05) is 6.54 Å². The molecule has 0 saturated heterocycles. The van der Waals surface area contributed by atoms with E-state index in [1.165, 1.54) is 64.2 Å². The molecule has 0 saturated carbocycles. The van der Waals surface area contributed by atoms with Crippen LogP contribution >= 0.6 is 0 Å². The second-order valence-electron chi connectivity index (χ2n) is 4.79. The maximum Gasteiger partial charge on any atom is 0.00171 e. The zero-order valence-corrected chi connectivity index (χ0v) is 11.5. The summed E-state index contributed by atoms with van der Waals surface area (Å²) in [6, 6.07) is 0. The number of hydrogen-bond donors (Lipinski definition) is 1. The third-order valence-electron chi connectivity index (χ3n) is 3.09. The van der Waals surface area contributed by atoms with E-state index in [9.17, 15) is 5.21 Å². The molecule has 0 amide bonds. The van der Waals surface area contributed by atoms with Crippen LogP contribution in [0.3, 0.4) is 0 Å². The molecule has 0 aromatic rings. The van der Waals surface area contributed by atoms with E-state index in [-0.39, 0.29) is 0 Å². The summed E-state index contributed by atoms with van der Waals surface area (Å²) < 4.78 is 0. The van der Waals surface area contributed by atoms with Crippen molar-refractivity contribution in [3.63, 3.8) is 0 Å². The predicted molar refractivity (Wildman–Crippen MR) is 77.0 cm³/mol. The number of hydroxylamine groups is 1. The quantitative estimate of drug-likeness (QED) is 0.281. The van der Waals surface area contributed by atoms with E-state index >= 15 is 0 Å². The molecule has 0 rings (SSSR count). The molecule has 0 spiro atoms. The van der Waals surface area contributed by atoms with Gasteiger partial charge in [-0.1, -0.05) is 76.9 Å². The Morgan fingerprint density at radius 1 is 0.765 bits per heavy atom. The average Bonchev–Trinajstić information content (AvgIpc) is 2.35. The maximum atomic E-state index is 9.93. The molecule has 0 fully saturated rings. The van der Waals surface area contributed by atoms with Crippen LogP contribution in [0.4, 0.5) is 0 Å². The van der Waals surface area contributed by atoms with Gasteiger partial charge in [-0.2, -0.15) is 0 Å². The van der Waals surface area contributed by atoms with Gasteiger partial charge in [0.05, 0.1) is 0 Å². The Kier molecular flexibility index (Phi) is 15.3. The van der Waals surface area contributed by atoms with Gasteiger partial charge in [-0.15, -0.1) is 0 Å². The summed E-state index contributed by atoms with van der Waals surface area (Å²) >= 11 is 0. The lowest BCUT2D eigenvalue weighted by Crippen LogP contribution is -2.00. The lowest BCUT2D eigenvalue weighted by atomic mass is 10.1. The van der Waals surface area contributed by atoms with Crippen molar-refractivity contribution in [3.05, 3.63) is 17.4 Å². The highest BCUT2D eigenvalue weighted by Crippen LogP contribution is 2.11. The molecule has 0 unspecified atom stereocenters. The smallest absolute Gasteiger partial charge is 0.00171 e. The standard InChI is InChI=1S/C15H30NO/c1-2-3-4-5-6-7-8-9-10-11-12-13-14-15-16-17/h13-14,16H,2-12,15H2,1H3/q-1. The zero-order chi connectivity index (χ0) is 12.6. The van der Waals surface area contributed by atoms with Crippen LogP contribution in [-0.4, -0.2) is 6.54 Å². The van der Waals surface area contributed by atoms with Crippen molar-refractivity contribution in [3.8, 4) is 0 Å². The molecule has 1 N–H and O–H groups in total. The Bertz CT molecular complexity index is 157. The van der Waals surface area contributed by atoms with Gasteiger partial charge in [0.1, 0.15) is 0 Å². The van der Waals surface area contributed by atoms with Gasteiger partial charge < -0.3 is 10.7 Å². The summed E-state index contributed by atoms with van der Waals surface area (Å²) in [5.74, 6) is 0. The molecular formula is C15H30NO-. The van der Waals surface area contributed by atoms with Gasteiger partial charge in [-0.3, -0.25) is 0 Å². The van der Waals surface area contributed by atoms with Crippen LogP contribution in [0.2, 0.25) is 0 Å². The van der Waals surface area contributed by atoms with E-state index in [1.54, 1.807) is 0 Å². The van der Waals surface area contributed by atoms with Crippen LogP contribution < -0.4 is 5.48 Å². The number of hydrogen-bond acceptors (Lipinski definition) is 2. The Morgan fingerprint density at radius 2 is 1.29 bits per heavy atom. The summed E-state index contributed by atoms with van der Waals surface area (Å²) in [4.78, 5) is 0. The van der Waals surface area contributed by atoms with E-state index in [0.717, 1.165) is 6.42 Å². The fourth-order valence-electron chi connectivity index (χ4n) is 2.00. The molecule has 0 aliphatic heterocycles. The van der Waals surface area contributed by atoms with Crippen LogP contribution in [0.5, 0.6) is 0 Å². The SMILES string of the molecule is CCCCCCCCCCCCC=CCN[O-]. The Balaban J connectivity index is 2.94. The first-order chi connectivity index (χ1) is 8.41. The monoisotopic (exact) mass is 240 g/mol. The summed E-state index contributed by atoms with van der Waals surface area (Å²) in [6.45, 7) is 2.72. The van der Waals surface area contributed by atoms with E-state index < -0.39 is 0 Å². The molecule has 0 bridgehead atoms. The van der Waals surface area contributed by atoms with Gasteiger partial charge in [0.25, 0.3) is 0 Å². The number of allylic oxidation sites excluding steroid dienone is 1. The fourth-order valence-corrected chi connectivity index (χ4v) is 2.00. The topological polar surface area (TPSA) is 35.1 Å². The fraction of sp³-hybridized carbons (Fsp3) is 0.867. The third-order valence-corrected chi connectivity index (χ3v) is 3.09. The van der Waals surface area contributed by atoms with Crippen molar-refractivity contribution in [1.29, 1.82) is 0 Å². The average molecular weight is 240 g/mol. The molecule has 0 radical (unpaired) electrons. The van der Waals surface area contributed by atoms with Crippen LogP contribution in [0.25, 0.3) is 0 Å². The molecule has 0 heterocycles. The van der Waals surface area contributed by atoms with Crippen LogP contribution in [-0.2, 0) is 0 Å². The van der Waals surface area contributed by atoms with E-state index in [4.69, 9.17) is 0 Å². The lowest BCUT2D eigenvalue weighted by molar-refractivity contribution is 0.557. The molecule has 0 aliphatic carbocycles. The minimum absolute atomic E-state index is 0.456. The first-order valence-corrected chi connectivity index (χ1v) is 7.41. The van der Waals surface area contributed by atoms with Crippen molar-refractivity contribution in [2.45, 2.75) is 77.6 Å². The molecule has 17 heavy (non-hydrogen) atoms. The minimum Gasteiger partial charge on any atom is -0.788 e. The lowest BCUT2D eigenvalue weighted by Gasteiger charge is -2.02. The molecule has 0 aliphatic rings.